The number of aromatic nitrogens is 1. The van der Waals surface area contributed by atoms with Crippen LogP contribution in [-0.2, 0) is 13.1 Å². The van der Waals surface area contributed by atoms with E-state index in [0.29, 0.717) is 0 Å². The lowest BCUT2D eigenvalue weighted by atomic mass is 10.1. The van der Waals surface area contributed by atoms with Gasteiger partial charge in [-0.2, -0.15) is 0 Å². The number of aryl methyl sites for hydroxylation is 2. The van der Waals surface area contributed by atoms with Crippen molar-refractivity contribution in [2.75, 3.05) is 18.5 Å². The zero-order valence-corrected chi connectivity index (χ0v) is 13.5. The molecule has 0 saturated carbocycles. The Balaban J connectivity index is 2.23. The number of rotatable bonds is 6. The van der Waals surface area contributed by atoms with Gasteiger partial charge in [0.2, 0.25) is 0 Å². The summed E-state index contributed by atoms with van der Waals surface area (Å²) in [5, 5.41) is 3.39. The van der Waals surface area contributed by atoms with Crippen LogP contribution in [0, 0.1) is 13.8 Å². The average molecular weight is 283 g/mol. The second-order valence-electron chi connectivity index (χ2n) is 5.52. The van der Waals surface area contributed by atoms with E-state index in [0.717, 1.165) is 25.3 Å². The van der Waals surface area contributed by atoms with Gasteiger partial charge in [-0.05, 0) is 37.6 Å². The molecule has 21 heavy (non-hydrogen) atoms. The van der Waals surface area contributed by atoms with E-state index in [4.69, 9.17) is 0 Å². The molecule has 0 unspecified atom stereocenters. The summed E-state index contributed by atoms with van der Waals surface area (Å²) in [6.45, 7) is 9.07. The largest absolute Gasteiger partial charge is 0.370 e. The lowest BCUT2D eigenvalue weighted by molar-refractivity contribution is 0.719. The molecular weight excluding hydrogens is 258 g/mol. The molecule has 0 aliphatic heterocycles. The summed E-state index contributed by atoms with van der Waals surface area (Å²) in [6.07, 6.45) is 1.99. The normalized spacial score (nSPS) is 10.7. The minimum absolute atomic E-state index is 0.858. The van der Waals surface area contributed by atoms with E-state index in [1.165, 1.54) is 22.4 Å². The molecule has 0 atom stereocenters. The van der Waals surface area contributed by atoms with Gasteiger partial charge in [-0.15, -0.1) is 0 Å². The van der Waals surface area contributed by atoms with Crippen molar-refractivity contribution < 1.29 is 0 Å². The van der Waals surface area contributed by atoms with Crippen LogP contribution in [0.15, 0.2) is 36.5 Å². The van der Waals surface area contributed by atoms with E-state index in [9.17, 15) is 0 Å². The summed E-state index contributed by atoms with van der Waals surface area (Å²) in [5.41, 5.74) is 6.26. The van der Waals surface area contributed by atoms with Crippen molar-refractivity contribution in [3.8, 4) is 0 Å². The number of hydrogen-bond donors (Lipinski definition) is 1. The molecule has 1 aromatic heterocycles. The lowest BCUT2D eigenvalue weighted by Gasteiger charge is -2.24. The highest BCUT2D eigenvalue weighted by Crippen LogP contribution is 2.22. The van der Waals surface area contributed by atoms with Crippen molar-refractivity contribution in [2.45, 2.75) is 33.9 Å². The van der Waals surface area contributed by atoms with E-state index in [2.05, 4.69) is 66.4 Å². The van der Waals surface area contributed by atoms with Gasteiger partial charge in [0.05, 0.1) is 0 Å². The minimum Gasteiger partial charge on any atom is -0.370 e. The number of benzene rings is 1. The summed E-state index contributed by atoms with van der Waals surface area (Å²) >= 11 is 0. The smallest absolute Gasteiger partial charge is 0.0445 e. The Hall–Kier alpha value is -1.87. The molecule has 2 aromatic rings. The fourth-order valence-corrected chi connectivity index (χ4v) is 2.45. The molecule has 0 fully saturated rings. The maximum atomic E-state index is 4.43. The molecule has 1 aromatic carbocycles. The molecule has 0 amide bonds. The Kier molecular flexibility index (Phi) is 5.34. The fourth-order valence-electron chi connectivity index (χ4n) is 2.45. The second kappa shape index (κ2) is 7.23. The van der Waals surface area contributed by atoms with Gasteiger partial charge in [-0.25, -0.2) is 0 Å². The minimum atomic E-state index is 0.858. The van der Waals surface area contributed by atoms with Crippen LogP contribution in [0.5, 0.6) is 0 Å². The molecule has 0 saturated heterocycles. The molecule has 3 heteroatoms. The van der Waals surface area contributed by atoms with Crippen LogP contribution >= 0.6 is 0 Å². The van der Waals surface area contributed by atoms with Crippen molar-refractivity contribution in [3.05, 3.63) is 58.9 Å². The maximum absolute atomic E-state index is 4.43. The van der Waals surface area contributed by atoms with Crippen LogP contribution in [0.1, 0.15) is 29.3 Å². The van der Waals surface area contributed by atoms with Gasteiger partial charge in [0.25, 0.3) is 0 Å². The second-order valence-corrected chi connectivity index (χ2v) is 5.52. The summed E-state index contributed by atoms with van der Waals surface area (Å²) in [4.78, 5) is 6.74. The first-order valence-corrected chi connectivity index (χ1v) is 7.53. The zero-order valence-electron chi connectivity index (χ0n) is 13.5. The number of pyridine rings is 1. The predicted molar refractivity (Wildman–Crippen MR) is 89.6 cm³/mol. The van der Waals surface area contributed by atoms with Gasteiger partial charge in [-0.3, -0.25) is 4.98 Å². The fraction of sp³-hybridized carbons (Fsp3) is 0.389. The van der Waals surface area contributed by atoms with Crippen molar-refractivity contribution >= 4 is 5.69 Å². The molecule has 0 bridgehead atoms. The Bertz CT molecular complexity index is 593. The molecule has 0 aliphatic carbocycles. The summed E-state index contributed by atoms with van der Waals surface area (Å²) < 4.78 is 0. The van der Waals surface area contributed by atoms with Crippen LogP contribution in [-0.4, -0.2) is 18.6 Å². The van der Waals surface area contributed by atoms with E-state index in [1.807, 2.05) is 13.1 Å². The van der Waals surface area contributed by atoms with Crippen LogP contribution in [0.3, 0.4) is 0 Å². The molecule has 0 spiro atoms. The first-order valence-electron chi connectivity index (χ1n) is 7.53. The van der Waals surface area contributed by atoms with Crippen LogP contribution < -0.4 is 10.2 Å². The van der Waals surface area contributed by atoms with Crippen LogP contribution in [0.2, 0.25) is 0 Å². The van der Waals surface area contributed by atoms with Crippen molar-refractivity contribution in [1.29, 1.82) is 0 Å². The summed E-state index contributed by atoms with van der Waals surface area (Å²) in [5.74, 6) is 0. The highest BCUT2D eigenvalue weighted by atomic mass is 15.1. The number of nitrogens with one attached hydrogen (secondary N) is 1. The quantitative estimate of drug-likeness (QED) is 0.880. The number of nitrogens with zero attached hydrogens (tertiary/aromatic N) is 2. The van der Waals surface area contributed by atoms with Gasteiger partial charge in [-0.1, -0.05) is 31.2 Å². The molecule has 2 rings (SSSR count). The first-order chi connectivity index (χ1) is 10.1. The topological polar surface area (TPSA) is 28.2 Å². The molecule has 1 N–H and O–H groups in total. The Morgan fingerprint density at radius 2 is 1.90 bits per heavy atom. The van der Waals surface area contributed by atoms with Gasteiger partial charge in [0, 0.05) is 43.3 Å². The van der Waals surface area contributed by atoms with Crippen LogP contribution in [0.4, 0.5) is 5.69 Å². The maximum Gasteiger partial charge on any atom is 0.0445 e. The van der Waals surface area contributed by atoms with Gasteiger partial charge >= 0.3 is 0 Å². The Labute approximate surface area is 128 Å². The van der Waals surface area contributed by atoms with E-state index in [-0.39, 0.29) is 0 Å². The first kappa shape index (κ1) is 15.5. The van der Waals surface area contributed by atoms with Gasteiger partial charge < -0.3 is 10.2 Å². The monoisotopic (exact) mass is 283 g/mol. The van der Waals surface area contributed by atoms with Crippen molar-refractivity contribution in [1.82, 2.24) is 10.3 Å². The Morgan fingerprint density at radius 1 is 1.14 bits per heavy atom. The predicted octanol–water partition coefficient (Wildman–Crippen LogP) is 3.44. The molecule has 1 heterocycles. The molecule has 0 radical (unpaired) electrons. The highest BCUT2D eigenvalue weighted by Gasteiger charge is 2.10. The SMILES string of the molecule is CCNCc1cnc(C)cc1N(C)Cc1ccccc1C. The zero-order chi connectivity index (χ0) is 15.2. The summed E-state index contributed by atoms with van der Waals surface area (Å²) in [7, 11) is 2.15. The standard InChI is InChI=1S/C18H25N3/c1-5-19-11-17-12-20-15(3)10-18(17)21(4)13-16-9-7-6-8-14(16)2/h6-10,12,19H,5,11,13H2,1-4H3. The average Bonchev–Trinajstić information content (AvgIpc) is 2.48. The van der Waals surface area contributed by atoms with Crippen LogP contribution in [0.25, 0.3) is 0 Å². The van der Waals surface area contributed by atoms with Gasteiger partial charge in [0.1, 0.15) is 0 Å². The number of hydrogen-bond acceptors (Lipinski definition) is 3. The third-order valence-corrected chi connectivity index (χ3v) is 3.74. The molecule has 0 aliphatic rings. The van der Waals surface area contributed by atoms with E-state index in [1.54, 1.807) is 0 Å². The lowest BCUT2D eigenvalue weighted by Crippen LogP contribution is -2.21. The van der Waals surface area contributed by atoms with E-state index >= 15 is 0 Å². The van der Waals surface area contributed by atoms with Crippen molar-refractivity contribution in [3.63, 3.8) is 0 Å². The third kappa shape index (κ3) is 4.05. The van der Waals surface area contributed by atoms with Crippen molar-refractivity contribution in [2.24, 2.45) is 0 Å². The number of anilines is 1. The summed E-state index contributed by atoms with van der Waals surface area (Å²) in [6, 6.07) is 10.7. The molecule has 112 valence electrons. The molecule has 3 nitrogen and oxygen atoms in total. The van der Waals surface area contributed by atoms with E-state index < -0.39 is 0 Å². The van der Waals surface area contributed by atoms with Gasteiger partial charge in [0.15, 0.2) is 0 Å². The third-order valence-electron chi connectivity index (χ3n) is 3.74. The molecular formula is C18H25N3. The Morgan fingerprint density at radius 3 is 2.62 bits per heavy atom. The highest BCUT2D eigenvalue weighted by molar-refractivity contribution is 5.53.